The molecule has 0 radical (unpaired) electrons. The maximum atomic E-state index is 6.27. The fourth-order valence-electron chi connectivity index (χ4n) is 2.91. The predicted molar refractivity (Wildman–Crippen MR) is 86.5 cm³/mol. The van der Waals surface area contributed by atoms with E-state index >= 15 is 0 Å². The molecule has 0 amide bonds. The molecule has 0 aliphatic heterocycles. The van der Waals surface area contributed by atoms with Gasteiger partial charge in [-0.2, -0.15) is 0 Å². The third-order valence-corrected chi connectivity index (χ3v) is 5.23. The van der Waals surface area contributed by atoms with Crippen molar-refractivity contribution in [3.05, 3.63) is 21.1 Å². The van der Waals surface area contributed by atoms with Crippen molar-refractivity contribution in [2.24, 2.45) is 0 Å². The summed E-state index contributed by atoms with van der Waals surface area (Å²) in [6.45, 7) is 3.07. The molecule has 6 heteroatoms. The maximum Gasteiger partial charge on any atom is 0.162 e. The summed E-state index contributed by atoms with van der Waals surface area (Å²) in [5.41, 5.74) is 0.369. The number of aromatic nitrogens is 2. The topological polar surface area (TPSA) is 44.2 Å². The quantitative estimate of drug-likeness (QED) is 0.554. The average Bonchev–Trinajstić information content (AvgIpc) is 2.71. The molecule has 21 heavy (non-hydrogen) atoms. The molecule has 118 valence electrons. The van der Waals surface area contributed by atoms with E-state index in [-0.39, 0.29) is 0 Å². The predicted octanol–water partition coefficient (Wildman–Crippen LogP) is 4.62. The second-order valence-corrected chi connectivity index (χ2v) is 6.52. The van der Waals surface area contributed by atoms with Crippen LogP contribution >= 0.6 is 27.5 Å². The van der Waals surface area contributed by atoms with E-state index in [0.717, 1.165) is 31.4 Å². The van der Waals surface area contributed by atoms with Gasteiger partial charge in [0, 0.05) is 13.7 Å². The molecule has 1 saturated carbocycles. The Morgan fingerprint density at radius 2 is 1.86 bits per heavy atom. The van der Waals surface area contributed by atoms with Crippen LogP contribution in [0.15, 0.2) is 4.47 Å². The Morgan fingerprint density at radius 1 is 1.19 bits per heavy atom. The summed E-state index contributed by atoms with van der Waals surface area (Å²) in [6.07, 6.45) is 6.65. The molecule has 0 spiro atoms. The molecule has 0 bridgehead atoms. The number of halogens is 2. The number of nitrogens with zero attached hydrogens (tertiary/aromatic N) is 2. The largest absolute Gasteiger partial charge is 0.378 e. The second-order valence-electron chi connectivity index (χ2n) is 5.37. The van der Waals surface area contributed by atoms with Gasteiger partial charge in [-0.3, -0.25) is 0 Å². The Morgan fingerprint density at radius 3 is 2.43 bits per heavy atom. The van der Waals surface area contributed by atoms with Gasteiger partial charge in [0.05, 0.1) is 16.8 Å². The number of ether oxygens (including phenoxy) is 2. The van der Waals surface area contributed by atoms with Gasteiger partial charge in [0.1, 0.15) is 10.8 Å². The molecule has 0 atom stereocenters. The van der Waals surface area contributed by atoms with Gasteiger partial charge in [-0.25, -0.2) is 9.97 Å². The molecule has 1 heterocycles. The molecule has 0 saturated heterocycles. The lowest BCUT2D eigenvalue weighted by Crippen LogP contribution is -2.32. The Bertz CT molecular complexity index is 477. The van der Waals surface area contributed by atoms with Crippen LogP contribution < -0.4 is 0 Å². The first-order valence-electron chi connectivity index (χ1n) is 7.48. The molecule has 1 aliphatic rings. The molecule has 1 aromatic rings. The first-order chi connectivity index (χ1) is 10.1. The monoisotopic (exact) mass is 376 g/mol. The minimum Gasteiger partial charge on any atom is -0.378 e. The molecule has 0 aromatic carbocycles. The lowest BCUT2D eigenvalue weighted by Gasteiger charge is -2.31. The molecule has 1 aliphatic carbocycles. The standard InChI is InChI=1S/C15H22BrClN2O2/c1-3-21-15(8-6-4-5-7-9-15)14-18-11(10-20-2)12(16)13(17)19-14/h3-10H2,1-2H3. The Labute approximate surface area is 139 Å². The fraction of sp³-hybridized carbons (Fsp3) is 0.733. The van der Waals surface area contributed by atoms with Crippen LogP contribution in [0.5, 0.6) is 0 Å². The van der Waals surface area contributed by atoms with Gasteiger partial charge in [0.2, 0.25) is 0 Å². The van der Waals surface area contributed by atoms with E-state index in [4.69, 9.17) is 21.1 Å². The number of methoxy groups -OCH3 is 1. The smallest absolute Gasteiger partial charge is 0.162 e. The summed E-state index contributed by atoms with van der Waals surface area (Å²) in [5.74, 6) is 0.700. The zero-order valence-electron chi connectivity index (χ0n) is 12.6. The Kier molecular flexibility index (Phi) is 6.41. The zero-order chi connectivity index (χ0) is 15.3. The third-order valence-electron chi connectivity index (χ3n) is 3.90. The fourth-order valence-corrected chi connectivity index (χ4v) is 3.39. The van der Waals surface area contributed by atoms with Crippen LogP contribution in [-0.2, 0) is 21.7 Å². The van der Waals surface area contributed by atoms with Crippen LogP contribution in [0.25, 0.3) is 0 Å². The van der Waals surface area contributed by atoms with Crippen LogP contribution in [0.3, 0.4) is 0 Å². The molecular weight excluding hydrogens is 356 g/mol. The highest BCUT2D eigenvalue weighted by molar-refractivity contribution is 9.10. The molecule has 2 rings (SSSR count). The molecule has 4 nitrogen and oxygen atoms in total. The normalized spacial score (nSPS) is 18.5. The second kappa shape index (κ2) is 7.86. The Balaban J connectivity index is 2.43. The van der Waals surface area contributed by atoms with E-state index in [1.807, 2.05) is 6.92 Å². The van der Waals surface area contributed by atoms with Crippen molar-refractivity contribution in [2.75, 3.05) is 13.7 Å². The van der Waals surface area contributed by atoms with Gasteiger partial charge in [0.25, 0.3) is 0 Å². The number of hydrogen-bond acceptors (Lipinski definition) is 4. The van der Waals surface area contributed by atoms with E-state index < -0.39 is 5.60 Å². The van der Waals surface area contributed by atoms with Gasteiger partial charge in [0.15, 0.2) is 5.82 Å². The highest BCUT2D eigenvalue weighted by Crippen LogP contribution is 2.39. The van der Waals surface area contributed by atoms with Gasteiger partial charge in [-0.05, 0) is 35.7 Å². The van der Waals surface area contributed by atoms with E-state index in [0.29, 0.717) is 28.7 Å². The minimum absolute atomic E-state index is 0.401. The number of hydrogen-bond donors (Lipinski definition) is 0. The summed E-state index contributed by atoms with van der Waals surface area (Å²) >= 11 is 9.70. The van der Waals surface area contributed by atoms with Crippen molar-refractivity contribution >= 4 is 27.5 Å². The van der Waals surface area contributed by atoms with Crippen LogP contribution in [0.1, 0.15) is 57.0 Å². The summed E-state index contributed by atoms with van der Waals surface area (Å²) in [5, 5.41) is 0.426. The third kappa shape index (κ3) is 3.95. The molecule has 0 unspecified atom stereocenters. The van der Waals surface area contributed by atoms with Crippen molar-refractivity contribution < 1.29 is 9.47 Å². The van der Waals surface area contributed by atoms with Crippen LogP contribution in [0, 0.1) is 0 Å². The van der Waals surface area contributed by atoms with Gasteiger partial charge >= 0.3 is 0 Å². The summed E-state index contributed by atoms with van der Waals surface area (Å²) in [7, 11) is 1.64. The van der Waals surface area contributed by atoms with Crippen molar-refractivity contribution in [3.63, 3.8) is 0 Å². The van der Waals surface area contributed by atoms with Crippen molar-refractivity contribution in [3.8, 4) is 0 Å². The number of rotatable bonds is 5. The first kappa shape index (κ1) is 17.1. The van der Waals surface area contributed by atoms with Crippen molar-refractivity contribution in [2.45, 2.75) is 57.7 Å². The molecular formula is C15H22BrClN2O2. The summed E-state index contributed by atoms with van der Waals surface area (Å²) < 4.78 is 12.0. The van der Waals surface area contributed by atoms with Crippen molar-refractivity contribution in [1.82, 2.24) is 9.97 Å². The van der Waals surface area contributed by atoms with Gasteiger partial charge in [-0.15, -0.1) is 0 Å². The Hall–Kier alpha value is -0.230. The van der Waals surface area contributed by atoms with Crippen LogP contribution in [-0.4, -0.2) is 23.7 Å². The lowest BCUT2D eigenvalue weighted by molar-refractivity contribution is -0.0627. The van der Waals surface area contributed by atoms with Crippen molar-refractivity contribution in [1.29, 1.82) is 0 Å². The zero-order valence-corrected chi connectivity index (χ0v) is 15.0. The minimum atomic E-state index is -0.405. The maximum absolute atomic E-state index is 6.27. The molecule has 1 fully saturated rings. The first-order valence-corrected chi connectivity index (χ1v) is 8.65. The van der Waals surface area contributed by atoms with Gasteiger partial charge < -0.3 is 9.47 Å². The highest BCUT2D eigenvalue weighted by Gasteiger charge is 2.37. The highest BCUT2D eigenvalue weighted by atomic mass is 79.9. The van der Waals surface area contributed by atoms with Gasteiger partial charge in [-0.1, -0.05) is 37.3 Å². The van der Waals surface area contributed by atoms with E-state index in [2.05, 4.69) is 25.9 Å². The average molecular weight is 378 g/mol. The van der Waals surface area contributed by atoms with E-state index in [1.165, 1.54) is 12.8 Å². The van der Waals surface area contributed by atoms with E-state index in [1.54, 1.807) is 7.11 Å². The summed E-state index contributed by atoms with van der Waals surface area (Å²) in [4.78, 5) is 9.19. The van der Waals surface area contributed by atoms with Crippen LogP contribution in [0.4, 0.5) is 0 Å². The lowest BCUT2D eigenvalue weighted by atomic mass is 9.93. The molecule has 0 N–H and O–H groups in total. The SMILES string of the molecule is CCOC1(c2nc(Cl)c(Br)c(COC)n2)CCCCCC1. The molecule has 1 aromatic heterocycles. The van der Waals surface area contributed by atoms with Crippen LogP contribution in [0.2, 0.25) is 5.15 Å². The van der Waals surface area contributed by atoms with E-state index in [9.17, 15) is 0 Å². The summed E-state index contributed by atoms with van der Waals surface area (Å²) in [6, 6.07) is 0.